The van der Waals surface area contributed by atoms with E-state index in [0.29, 0.717) is 19.0 Å². The van der Waals surface area contributed by atoms with Gasteiger partial charge < -0.3 is 9.88 Å². The summed E-state index contributed by atoms with van der Waals surface area (Å²) in [6.07, 6.45) is 3.67. The van der Waals surface area contributed by atoms with Gasteiger partial charge in [0.1, 0.15) is 0 Å². The summed E-state index contributed by atoms with van der Waals surface area (Å²) >= 11 is 5.93. The Morgan fingerprint density at radius 3 is 2.58 bits per heavy atom. The summed E-state index contributed by atoms with van der Waals surface area (Å²) in [7, 11) is 0. The summed E-state index contributed by atoms with van der Waals surface area (Å²) in [4.78, 5) is 17.6. The van der Waals surface area contributed by atoms with Gasteiger partial charge in [0.05, 0.1) is 10.6 Å². The number of halogens is 3. The van der Waals surface area contributed by atoms with Gasteiger partial charge >= 0.3 is 0 Å². The highest BCUT2D eigenvalue weighted by atomic mass is 35.5. The zero-order chi connectivity index (χ0) is 18.3. The summed E-state index contributed by atoms with van der Waals surface area (Å²) in [5.41, 5.74) is 2.38. The Morgan fingerprint density at radius 1 is 1.12 bits per heavy atom. The summed E-state index contributed by atoms with van der Waals surface area (Å²) < 4.78 is 26.7. The van der Waals surface area contributed by atoms with Crippen LogP contribution in [0.15, 0.2) is 42.6 Å². The number of benzene rings is 2. The largest absolute Gasteiger partial charge is 0.361 e. The van der Waals surface area contributed by atoms with Gasteiger partial charge in [0.15, 0.2) is 11.6 Å². The van der Waals surface area contributed by atoms with Crippen LogP contribution in [0.3, 0.4) is 0 Å². The van der Waals surface area contributed by atoms with Crippen LogP contribution >= 0.6 is 11.6 Å². The van der Waals surface area contributed by atoms with Crippen molar-refractivity contribution in [1.82, 2.24) is 9.88 Å². The molecule has 0 aliphatic carbocycles. The van der Waals surface area contributed by atoms with E-state index in [1.165, 1.54) is 10.9 Å². The van der Waals surface area contributed by atoms with Gasteiger partial charge in [-0.1, -0.05) is 29.8 Å². The summed E-state index contributed by atoms with van der Waals surface area (Å²) in [5, 5.41) is 1.15. The zero-order valence-corrected chi connectivity index (χ0v) is 14.7. The van der Waals surface area contributed by atoms with Crippen molar-refractivity contribution in [3.63, 3.8) is 0 Å². The molecule has 3 aromatic rings. The summed E-state index contributed by atoms with van der Waals surface area (Å²) in [5.74, 6) is -2.11. The van der Waals surface area contributed by atoms with E-state index in [4.69, 9.17) is 11.6 Å². The number of H-pyrrole nitrogens is 1. The number of carbonyl (C=O) groups excluding carboxylic acids is 1. The fourth-order valence-corrected chi connectivity index (χ4v) is 3.91. The summed E-state index contributed by atoms with van der Waals surface area (Å²) in [6.45, 7) is 1.11. The van der Waals surface area contributed by atoms with Crippen LogP contribution in [0.25, 0.3) is 10.9 Å². The van der Waals surface area contributed by atoms with Crippen molar-refractivity contribution in [2.24, 2.45) is 0 Å². The van der Waals surface area contributed by atoms with Crippen molar-refractivity contribution >= 4 is 28.4 Å². The smallest absolute Gasteiger partial charge is 0.255 e. The van der Waals surface area contributed by atoms with E-state index >= 15 is 0 Å². The third kappa shape index (κ3) is 2.97. The van der Waals surface area contributed by atoms with Crippen LogP contribution < -0.4 is 0 Å². The number of rotatable bonds is 2. The number of fused-ring (bicyclic) bond motifs is 1. The molecule has 0 unspecified atom stereocenters. The molecule has 0 spiro atoms. The first-order valence-corrected chi connectivity index (χ1v) is 8.92. The van der Waals surface area contributed by atoms with Crippen LogP contribution in [0.1, 0.15) is 34.7 Å². The second kappa shape index (κ2) is 6.72. The molecular formula is C20H17ClF2N2O. The lowest BCUT2D eigenvalue weighted by Gasteiger charge is -2.32. The van der Waals surface area contributed by atoms with Gasteiger partial charge in [-0.3, -0.25) is 4.79 Å². The number of aromatic nitrogens is 1. The van der Waals surface area contributed by atoms with Crippen LogP contribution in [0.2, 0.25) is 5.02 Å². The van der Waals surface area contributed by atoms with Gasteiger partial charge in [-0.15, -0.1) is 0 Å². The Hall–Kier alpha value is -2.40. The molecule has 26 heavy (non-hydrogen) atoms. The zero-order valence-electron chi connectivity index (χ0n) is 13.9. The minimum Gasteiger partial charge on any atom is -0.361 e. The lowest BCUT2D eigenvalue weighted by Crippen LogP contribution is -2.38. The van der Waals surface area contributed by atoms with Crippen molar-refractivity contribution in [3.8, 4) is 0 Å². The van der Waals surface area contributed by atoms with Gasteiger partial charge in [-0.25, -0.2) is 8.78 Å². The lowest BCUT2D eigenvalue weighted by atomic mass is 9.89. The van der Waals surface area contributed by atoms with Crippen LogP contribution in [0.5, 0.6) is 0 Å². The number of hydrogen-bond acceptors (Lipinski definition) is 1. The molecule has 134 valence electrons. The number of nitrogens with one attached hydrogen (secondary N) is 1. The Balaban J connectivity index is 1.50. The Kier molecular flexibility index (Phi) is 4.41. The molecule has 3 nitrogen and oxygen atoms in total. The van der Waals surface area contributed by atoms with Crippen molar-refractivity contribution in [2.75, 3.05) is 13.1 Å². The number of aromatic amines is 1. The Bertz CT molecular complexity index is 977. The maximum atomic E-state index is 13.5. The highest BCUT2D eigenvalue weighted by molar-refractivity contribution is 6.33. The molecule has 1 amide bonds. The molecule has 2 heterocycles. The molecule has 0 saturated carbocycles. The third-order valence-electron chi connectivity index (χ3n) is 5.08. The van der Waals surface area contributed by atoms with Crippen LogP contribution in [-0.4, -0.2) is 28.9 Å². The Morgan fingerprint density at radius 2 is 1.81 bits per heavy atom. The second-order valence-electron chi connectivity index (χ2n) is 6.60. The molecule has 0 atom stereocenters. The number of likely N-dealkylation sites (tertiary alicyclic amines) is 1. The van der Waals surface area contributed by atoms with Crippen molar-refractivity contribution in [3.05, 3.63) is 70.4 Å². The van der Waals surface area contributed by atoms with Gasteiger partial charge in [0.25, 0.3) is 5.91 Å². The van der Waals surface area contributed by atoms with Crippen molar-refractivity contribution in [2.45, 2.75) is 18.8 Å². The maximum Gasteiger partial charge on any atom is 0.255 e. The number of piperidine rings is 1. The van der Waals surface area contributed by atoms with Gasteiger partial charge in [0.2, 0.25) is 0 Å². The standard InChI is InChI=1S/C20H17ClF2N2O/c21-16-10-18(23)17(22)9-14(16)20(26)25-7-5-12(6-8-25)15-11-24-19-4-2-1-3-13(15)19/h1-4,9-12,24H,5-8H2. The molecule has 4 rings (SSSR count). The van der Waals surface area contributed by atoms with E-state index in [0.717, 1.165) is 30.5 Å². The minimum absolute atomic E-state index is 0.0103. The molecule has 1 N–H and O–H groups in total. The predicted molar refractivity (Wildman–Crippen MR) is 97.5 cm³/mol. The molecule has 1 fully saturated rings. The SMILES string of the molecule is O=C(c1cc(F)c(F)cc1Cl)N1CCC(c2c[nH]c3ccccc23)CC1. The van der Waals surface area contributed by atoms with E-state index in [1.54, 1.807) is 4.90 Å². The monoisotopic (exact) mass is 374 g/mol. The van der Waals surface area contributed by atoms with Crippen molar-refractivity contribution in [1.29, 1.82) is 0 Å². The molecule has 1 saturated heterocycles. The third-order valence-corrected chi connectivity index (χ3v) is 5.40. The van der Waals surface area contributed by atoms with E-state index in [2.05, 4.69) is 11.1 Å². The minimum atomic E-state index is -1.06. The van der Waals surface area contributed by atoms with E-state index in [-0.39, 0.29) is 16.5 Å². The first kappa shape index (κ1) is 17.0. The van der Waals surface area contributed by atoms with E-state index in [9.17, 15) is 13.6 Å². The van der Waals surface area contributed by atoms with Crippen LogP contribution in [0, 0.1) is 11.6 Å². The van der Waals surface area contributed by atoms with Crippen LogP contribution in [-0.2, 0) is 0 Å². The number of carbonyl (C=O) groups is 1. The van der Waals surface area contributed by atoms with E-state index in [1.807, 2.05) is 24.4 Å². The maximum absolute atomic E-state index is 13.5. The molecule has 1 aromatic heterocycles. The van der Waals surface area contributed by atoms with Gasteiger partial charge in [0, 0.05) is 30.2 Å². The number of amides is 1. The average molecular weight is 375 g/mol. The molecule has 6 heteroatoms. The second-order valence-corrected chi connectivity index (χ2v) is 7.01. The van der Waals surface area contributed by atoms with Crippen LogP contribution in [0.4, 0.5) is 8.78 Å². The highest BCUT2D eigenvalue weighted by Crippen LogP contribution is 2.34. The quantitative estimate of drug-likeness (QED) is 0.621. The van der Waals surface area contributed by atoms with Gasteiger partial charge in [-0.2, -0.15) is 0 Å². The lowest BCUT2D eigenvalue weighted by molar-refractivity contribution is 0.0713. The van der Waals surface area contributed by atoms with Gasteiger partial charge in [-0.05, 0) is 42.5 Å². The number of para-hydroxylation sites is 1. The molecule has 1 aliphatic rings. The topological polar surface area (TPSA) is 36.1 Å². The molecule has 0 radical (unpaired) electrons. The van der Waals surface area contributed by atoms with E-state index < -0.39 is 11.6 Å². The Labute approximate surface area is 154 Å². The molecule has 2 aromatic carbocycles. The molecular weight excluding hydrogens is 358 g/mol. The first-order chi connectivity index (χ1) is 12.5. The molecule has 0 bridgehead atoms. The highest BCUT2D eigenvalue weighted by Gasteiger charge is 2.27. The average Bonchev–Trinajstić information content (AvgIpc) is 3.08. The number of nitrogens with zero attached hydrogens (tertiary/aromatic N) is 1. The predicted octanol–water partition coefficient (Wildman–Crippen LogP) is 5.12. The fraction of sp³-hybridized carbons (Fsp3) is 0.250. The first-order valence-electron chi connectivity index (χ1n) is 8.54. The summed E-state index contributed by atoms with van der Waals surface area (Å²) in [6, 6.07) is 9.88. The fourth-order valence-electron chi connectivity index (χ4n) is 3.68. The normalized spacial score (nSPS) is 15.6. The number of hydrogen-bond donors (Lipinski definition) is 1. The molecule has 1 aliphatic heterocycles. The van der Waals surface area contributed by atoms with Crippen molar-refractivity contribution < 1.29 is 13.6 Å².